The highest BCUT2D eigenvalue weighted by Gasteiger charge is 2.18. The number of nitriles is 1. The molecule has 0 aliphatic carbocycles. The van der Waals surface area contributed by atoms with Crippen LogP contribution in [0.5, 0.6) is 5.75 Å². The van der Waals surface area contributed by atoms with E-state index >= 15 is 0 Å². The van der Waals surface area contributed by atoms with Gasteiger partial charge < -0.3 is 14.8 Å². The van der Waals surface area contributed by atoms with E-state index in [1.54, 1.807) is 48.5 Å². The van der Waals surface area contributed by atoms with Crippen LogP contribution in [0.4, 0.5) is 5.69 Å². The smallest absolute Gasteiger partial charge is 0.347 e. The number of ether oxygens (including phenoxy) is 2. The number of esters is 1. The van der Waals surface area contributed by atoms with E-state index in [0.29, 0.717) is 22.6 Å². The summed E-state index contributed by atoms with van der Waals surface area (Å²) in [7, 11) is 0. The lowest BCUT2D eigenvalue weighted by Gasteiger charge is -2.14. The first-order valence-electron chi connectivity index (χ1n) is 8.13. The summed E-state index contributed by atoms with van der Waals surface area (Å²) in [6.45, 7) is 2.49. The minimum absolute atomic E-state index is 0.0712. The maximum atomic E-state index is 11.9. The van der Waals surface area contributed by atoms with Gasteiger partial charge in [-0.3, -0.25) is 9.59 Å². The van der Waals surface area contributed by atoms with Crippen LogP contribution in [-0.4, -0.2) is 30.4 Å². The third-order valence-electron chi connectivity index (χ3n) is 3.55. The van der Waals surface area contributed by atoms with Crippen molar-refractivity contribution in [3.63, 3.8) is 0 Å². The fourth-order valence-corrected chi connectivity index (χ4v) is 2.10. The molecule has 0 radical (unpaired) electrons. The summed E-state index contributed by atoms with van der Waals surface area (Å²) in [6.07, 6.45) is -0.916. The Morgan fingerprint density at radius 3 is 2.26 bits per heavy atom. The van der Waals surface area contributed by atoms with Crippen molar-refractivity contribution in [2.75, 3.05) is 11.9 Å². The summed E-state index contributed by atoms with van der Waals surface area (Å²) in [4.78, 5) is 35.0. The Morgan fingerprint density at radius 1 is 1.07 bits per heavy atom. The van der Waals surface area contributed by atoms with E-state index in [0.717, 1.165) is 0 Å². The molecule has 2 rings (SSSR count). The molecule has 0 aromatic heterocycles. The number of carbonyl (C=O) groups is 3. The predicted octanol–water partition coefficient (Wildman–Crippen LogP) is 2.71. The second-order valence-electron chi connectivity index (χ2n) is 5.69. The fourth-order valence-electron chi connectivity index (χ4n) is 2.10. The third-order valence-corrected chi connectivity index (χ3v) is 3.55. The normalized spacial score (nSPS) is 11.0. The van der Waals surface area contributed by atoms with Crippen molar-refractivity contribution in [2.24, 2.45) is 0 Å². The van der Waals surface area contributed by atoms with Crippen molar-refractivity contribution in [2.45, 2.75) is 20.0 Å². The summed E-state index contributed by atoms with van der Waals surface area (Å²) in [5.41, 5.74) is 1.50. The van der Waals surface area contributed by atoms with Gasteiger partial charge in [0.1, 0.15) is 5.75 Å². The number of hydrogen-bond acceptors (Lipinski definition) is 6. The molecule has 0 heterocycles. The molecule has 0 spiro atoms. The highest BCUT2D eigenvalue weighted by molar-refractivity contribution is 5.96. The van der Waals surface area contributed by atoms with Crippen molar-refractivity contribution < 1.29 is 23.9 Å². The maximum absolute atomic E-state index is 11.9. The Balaban J connectivity index is 1.80. The van der Waals surface area contributed by atoms with E-state index < -0.39 is 24.6 Å². The molecule has 0 fully saturated rings. The van der Waals surface area contributed by atoms with Gasteiger partial charge >= 0.3 is 5.97 Å². The molecule has 0 aliphatic rings. The van der Waals surface area contributed by atoms with Crippen molar-refractivity contribution in [3.05, 3.63) is 59.7 Å². The molecular formula is C20H18N2O5. The van der Waals surface area contributed by atoms with E-state index in [1.165, 1.54) is 13.8 Å². The topological polar surface area (TPSA) is 105 Å². The van der Waals surface area contributed by atoms with Gasteiger partial charge in [0.15, 0.2) is 18.5 Å². The number of amides is 1. The SMILES string of the molecule is CC(=O)c1ccc(NC(=O)COC(=O)[C@@H](C)Oc2ccc(C#N)cc2)cc1. The van der Waals surface area contributed by atoms with Crippen molar-refractivity contribution in [1.29, 1.82) is 5.26 Å². The van der Waals surface area contributed by atoms with Gasteiger partial charge in [-0.1, -0.05) is 0 Å². The number of benzene rings is 2. The number of rotatable bonds is 7. The zero-order valence-corrected chi connectivity index (χ0v) is 14.9. The average molecular weight is 366 g/mol. The monoisotopic (exact) mass is 366 g/mol. The first-order chi connectivity index (χ1) is 12.9. The number of Topliss-reactive ketones (excluding diaryl/α,β-unsaturated/α-hetero) is 1. The van der Waals surface area contributed by atoms with Gasteiger partial charge in [0.05, 0.1) is 11.6 Å². The highest BCUT2D eigenvalue weighted by atomic mass is 16.6. The lowest BCUT2D eigenvalue weighted by atomic mass is 10.1. The molecule has 0 saturated carbocycles. The standard InChI is InChI=1S/C20H18N2O5/c1-13(23)16-5-7-17(8-6-16)22-19(24)12-26-20(25)14(2)27-18-9-3-15(11-21)4-10-18/h3-10,14H,12H2,1-2H3,(H,22,24)/t14-/m1/s1. The van der Waals surface area contributed by atoms with Gasteiger partial charge in [-0.25, -0.2) is 4.79 Å². The number of ketones is 1. The molecule has 1 amide bonds. The molecule has 7 nitrogen and oxygen atoms in total. The second-order valence-corrected chi connectivity index (χ2v) is 5.69. The summed E-state index contributed by atoms with van der Waals surface area (Å²) in [5, 5.41) is 11.3. The van der Waals surface area contributed by atoms with Crippen LogP contribution in [-0.2, 0) is 14.3 Å². The van der Waals surface area contributed by atoms with Crippen LogP contribution < -0.4 is 10.1 Å². The van der Waals surface area contributed by atoms with Gasteiger partial charge in [-0.2, -0.15) is 5.26 Å². The first kappa shape index (κ1) is 19.7. The molecule has 0 unspecified atom stereocenters. The number of nitrogens with one attached hydrogen (secondary N) is 1. The van der Waals surface area contributed by atoms with Gasteiger partial charge in [0, 0.05) is 11.3 Å². The molecule has 27 heavy (non-hydrogen) atoms. The Kier molecular flexibility index (Phi) is 6.67. The molecule has 138 valence electrons. The molecule has 1 atom stereocenters. The van der Waals surface area contributed by atoms with Crippen LogP contribution >= 0.6 is 0 Å². The number of hydrogen-bond donors (Lipinski definition) is 1. The van der Waals surface area contributed by atoms with Crippen LogP contribution in [0.25, 0.3) is 0 Å². The molecule has 1 N–H and O–H groups in total. The molecule has 0 saturated heterocycles. The molecule has 0 aliphatic heterocycles. The van der Waals surface area contributed by atoms with Crippen molar-refractivity contribution >= 4 is 23.3 Å². The largest absolute Gasteiger partial charge is 0.479 e. The minimum atomic E-state index is -0.916. The Morgan fingerprint density at radius 2 is 1.70 bits per heavy atom. The van der Waals surface area contributed by atoms with Crippen LogP contribution in [0.3, 0.4) is 0 Å². The average Bonchev–Trinajstić information content (AvgIpc) is 2.67. The molecule has 2 aromatic carbocycles. The number of nitrogens with zero attached hydrogens (tertiary/aromatic N) is 1. The zero-order chi connectivity index (χ0) is 19.8. The van der Waals surface area contributed by atoms with E-state index in [2.05, 4.69) is 5.32 Å². The highest BCUT2D eigenvalue weighted by Crippen LogP contribution is 2.14. The Labute approximate surface area is 156 Å². The fraction of sp³-hybridized carbons (Fsp3) is 0.200. The summed E-state index contributed by atoms with van der Waals surface area (Å²) >= 11 is 0. The van der Waals surface area contributed by atoms with Crippen LogP contribution in [0.15, 0.2) is 48.5 Å². The van der Waals surface area contributed by atoms with Crippen LogP contribution in [0.2, 0.25) is 0 Å². The number of carbonyl (C=O) groups excluding carboxylic acids is 3. The lowest BCUT2D eigenvalue weighted by molar-refractivity contribution is -0.153. The van der Waals surface area contributed by atoms with Gasteiger partial charge in [-0.15, -0.1) is 0 Å². The first-order valence-corrected chi connectivity index (χ1v) is 8.13. The van der Waals surface area contributed by atoms with Crippen LogP contribution in [0, 0.1) is 11.3 Å². The van der Waals surface area contributed by atoms with E-state index in [4.69, 9.17) is 14.7 Å². The third kappa shape index (κ3) is 5.97. The Hall–Kier alpha value is -3.66. The van der Waals surface area contributed by atoms with Gasteiger partial charge in [0.2, 0.25) is 0 Å². The minimum Gasteiger partial charge on any atom is -0.479 e. The molecule has 2 aromatic rings. The zero-order valence-electron chi connectivity index (χ0n) is 14.9. The van der Waals surface area contributed by atoms with Crippen molar-refractivity contribution in [1.82, 2.24) is 0 Å². The van der Waals surface area contributed by atoms with Crippen LogP contribution in [0.1, 0.15) is 29.8 Å². The quantitative estimate of drug-likeness (QED) is 0.597. The summed E-state index contributed by atoms with van der Waals surface area (Å²) < 4.78 is 10.3. The molecular weight excluding hydrogens is 348 g/mol. The predicted molar refractivity (Wildman–Crippen MR) is 97.3 cm³/mol. The van der Waals surface area contributed by atoms with Crippen molar-refractivity contribution in [3.8, 4) is 11.8 Å². The van der Waals surface area contributed by atoms with E-state index in [-0.39, 0.29) is 5.78 Å². The summed E-state index contributed by atoms with van der Waals surface area (Å²) in [6, 6.07) is 14.6. The van der Waals surface area contributed by atoms with Gasteiger partial charge in [0.25, 0.3) is 5.91 Å². The summed E-state index contributed by atoms with van der Waals surface area (Å²) in [5.74, 6) is -0.863. The molecule has 7 heteroatoms. The van der Waals surface area contributed by atoms with E-state index in [1.807, 2.05) is 6.07 Å². The molecule has 0 bridgehead atoms. The second kappa shape index (κ2) is 9.15. The maximum Gasteiger partial charge on any atom is 0.347 e. The van der Waals surface area contributed by atoms with E-state index in [9.17, 15) is 14.4 Å². The number of anilines is 1. The lowest BCUT2D eigenvalue weighted by Crippen LogP contribution is -2.29. The van der Waals surface area contributed by atoms with Gasteiger partial charge in [-0.05, 0) is 62.4 Å². The Bertz CT molecular complexity index is 867.